The molecule has 16 heteroatoms. The minimum atomic E-state index is -1.74. The van der Waals surface area contributed by atoms with Gasteiger partial charge in [0.15, 0.2) is 18.9 Å². The van der Waals surface area contributed by atoms with E-state index < -0.39 is 124 Å². The predicted molar refractivity (Wildman–Crippen MR) is 133 cm³/mol. The lowest BCUT2D eigenvalue weighted by molar-refractivity contribution is -0.350. The minimum absolute atomic E-state index is 0.166. The monoisotopic (exact) mass is 602 g/mol. The van der Waals surface area contributed by atoms with Crippen molar-refractivity contribution in [3.63, 3.8) is 0 Å². The van der Waals surface area contributed by atoms with Gasteiger partial charge in [0.2, 0.25) is 0 Å². The first kappa shape index (κ1) is 34.8. The zero-order chi connectivity index (χ0) is 30.6. The van der Waals surface area contributed by atoms with E-state index >= 15 is 0 Å². The molecule has 3 rings (SSSR count). The van der Waals surface area contributed by atoms with Gasteiger partial charge in [0.05, 0.1) is 56.4 Å². The van der Waals surface area contributed by atoms with Crippen LogP contribution in [0.1, 0.15) is 33.1 Å². The van der Waals surface area contributed by atoms with Crippen molar-refractivity contribution in [3.05, 3.63) is 0 Å². The Hall–Kier alpha value is -0.640. The van der Waals surface area contributed by atoms with Crippen LogP contribution in [-0.2, 0) is 23.7 Å². The van der Waals surface area contributed by atoms with Crippen LogP contribution in [0.2, 0.25) is 0 Å². The number of aliphatic hydroxyl groups is 11. The van der Waals surface area contributed by atoms with E-state index in [9.17, 15) is 56.2 Å². The van der Waals surface area contributed by atoms with Crippen molar-refractivity contribution in [2.75, 3.05) is 19.8 Å². The summed E-state index contributed by atoms with van der Waals surface area (Å²) in [5, 5.41) is 113. The summed E-state index contributed by atoms with van der Waals surface area (Å²) in [5.41, 5.74) is 0. The van der Waals surface area contributed by atoms with Gasteiger partial charge in [-0.15, -0.1) is 0 Å². The summed E-state index contributed by atoms with van der Waals surface area (Å²) in [6, 6.07) is 0. The fourth-order valence-electron chi connectivity index (χ4n) is 5.90. The molecule has 0 aromatic rings. The highest BCUT2D eigenvalue weighted by Crippen LogP contribution is 2.37. The lowest BCUT2D eigenvalue weighted by Crippen LogP contribution is -2.64. The van der Waals surface area contributed by atoms with Crippen molar-refractivity contribution in [1.82, 2.24) is 0 Å². The topological polar surface area (TPSA) is 269 Å². The fourth-order valence-corrected chi connectivity index (χ4v) is 5.90. The Morgan fingerprint density at radius 2 is 1.00 bits per heavy atom. The summed E-state index contributed by atoms with van der Waals surface area (Å²) in [6.45, 7) is 1.48. The number of hydrogen-bond acceptors (Lipinski definition) is 16. The fraction of sp³-hybridized carbons (Fsp3) is 1.00. The first-order chi connectivity index (χ1) is 19.4. The van der Waals surface area contributed by atoms with Gasteiger partial charge in [-0.25, -0.2) is 0 Å². The number of rotatable bonds is 12. The molecular weight excluding hydrogens is 556 g/mol. The van der Waals surface area contributed by atoms with Gasteiger partial charge in [0.1, 0.15) is 36.6 Å². The molecule has 16 nitrogen and oxygen atoms in total. The van der Waals surface area contributed by atoms with E-state index in [1.165, 1.54) is 0 Å². The van der Waals surface area contributed by atoms with E-state index in [4.69, 9.17) is 23.7 Å². The van der Waals surface area contributed by atoms with Gasteiger partial charge in [-0.3, -0.25) is 0 Å². The van der Waals surface area contributed by atoms with Gasteiger partial charge >= 0.3 is 0 Å². The summed E-state index contributed by atoms with van der Waals surface area (Å²) in [6.07, 6.45) is -21.2. The highest BCUT2D eigenvalue weighted by Gasteiger charge is 2.53. The van der Waals surface area contributed by atoms with Crippen LogP contribution in [0, 0.1) is 11.8 Å². The highest BCUT2D eigenvalue weighted by molar-refractivity contribution is 4.97. The molecule has 3 heterocycles. The van der Waals surface area contributed by atoms with Crippen LogP contribution in [0.4, 0.5) is 0 Å². The second kappa shape index (κ2) is 15.4. The predicted octanol–water partition coefficient (Wildman–Crippen LogP) is -5.13. The maximum Gasteiger partial charge on any atom is 0.186 e. The Bertz CT molecular complexity index is 772. The third-order valence-corrected chi connectivity index (χ3v) is 8.20. The van der Waals surface area contributed by atoms with Crippen LogP contribution < -0.4 is 0 Å². The SMILES string of the molecule is CCCC(O[C@@H]1OC(CO)[C@@H](O)C(O)C1O)[C@@H]1C(CO)O[C@@H](OC(CC)[C@@H]2C(CO)O[C@@H](O)C(O)C2O)C(O)C1O. The van der Waals surface area contributed by atoms with E-state index in [-0.39, 0.29) is 12.8 Å². The molecule has 11 N–H and O–H groups in total. The second-order valence-electron chi connectivity index (χ2n) is 10.8. The second-order valence-corrected chi connectivity index (χ2v) is 10.8. The molecule has 11 unspecified atom stereocenters. The van der Waals surface area contributed by atoms with Crippen molar-refractivity contribution >= 4 is 0 Å². The zero-order valence-electron chi connectivity index (χ0n) is 23.0. The van der Waals surface area contributed by atoms with E-state index in [0.29, 0.717) is 6.42 Å². The van der Waals surface area contributed by atoms with Crippen LogP contribution in [0.15, 0.2) is 0 Å². The molecule has 3 fully saturated rings. The van der Waals surface area contributed by atoms with Crippen molar-refractivity contribution < 1.29 is 79.9 Å². The van der Waals surface area contributed by atoms with Gasteiger partial charge in [0, 0.05) is 11.8 Å². The van der Waals surface area contributed by atoms with Crippen LogP contribution in [0.5, 0.6) is 0 Å². The van der Waals surface area contributed by atoms with E-state index in [1.54, 1.807) is 13.8 Å². The molecule has 0 spiro atoms. The Labute approximate surface area is 237 Å². The van der Waals surface area contributed by atoms with Gasteiger partial charge in [-0.05, 0) is 12.8 Å². The van der Waals surface area contributed by atoms with E-state index in [1.807, 2.05) is 0 Å². The molecular formula is C25H46O16. The Morgan fingerprint density at radius 3 is 1.54 bits per heavy atom. The lowest BCUT2D eigenvalue weighted by Gasteiger charge is -2.49. The average Bonchev–Trinajstić information content (AvgIpc) is 2.96. The molecule has 17 atom stereocenters. The molecule has 0 aromatic heterocycles. The third-order valence-electron chi connectivity index (χ3n) is 8.20. The van der Waals surface area contributed by atoms with Crippen molar-refractivity contribution in [2.45, 2.75) is 125 Å². The Kier molecular flexibility index (Phi) is 13.1. The molecule has 0 radical (unpaired) electrons. The summed E-state index contributed by atoms with van der Waals surface area (Å²) in [5.74, 6) is -2.17. The van der Waals surface area contributed by atoms with Crippen LogP contribution in [0.25, 0.3) is 0 Å². The molecule has 3 saturated heterocycles. The maximum absolute atomic E-state index is 11.2. The van der Waals surface area contributed by atoms with Crippen molar-refractivity contribution in [1.29, 1.82) is 0 Å². The van der Waals surface area contributed by atoms with Crippen LogP contribution in [0.3, 0.4) is 0 Å². The van der Waals surface area contributed by atoms with Gasteiger partial charge in [-0.2, -0.15) is 0 Å². The standard InChI is InChI=1S/C25H46O16/c1-3-5-10(39-25-22(35)19(32)16(29)13(8-28)41-25)15-12(7-27)40-24(21(34)18(15)31)38-9(4-2)14-11(6-26)37-23(36)20(33)17(14)30/h9-36H,3-8H2,1-2H3/t9?,10?,11?,12?,13?,14-,15-,16-,17?,18?,19?,20?,21?,22?,23-,24-,25-/m1/s1. The maximum atomic E-state index is 11.2. The summed E-state index contributed by atoms with van der Waals surface area (Å²) >= 11 is 0. The van der Waals surface area contributed by atoms with Crippen LogP contribution >= 0.6 is 0 Å². The zero-order valence-corrected chi connectivity index (χ0v) is 23.0. The molecule has 0 amide bonds. The normalized spacial score (nSPS) is 47.2. The molecule has 0 saturated carbocycles. The van der Waals surface area contributed by atoms with E-state index in [2.05, 4.69) is 0 Å². The molecule has 3 aliphatic rings. The summed E-state index contributed by atoms with van der Waals surface area (Å²) in [4.78, 5) is 0. The van der Waals surface area contributed by atoms with Gasteiger partial charge < -0.3 is 79.9 Å². The average molecular weight is 603 g/mol. The van der Waals surface area contributed by atoms with Gasteiger partial charge in [-0.1, -0.05) is 20.3 Å². The third kappa shape index (κ3) is 7.37. The molecule has 242 valence electrons. The quantitative estimate of drug-likeness (QED) is 0.0997. The minimum Gasteiger partial charge on any atom is -0.394 e. The van der Waals surface area contributed by atoms with E-state index in [0.717, 1.165) is 0 Å². The van der Waals surface area contributed by atoms with Crippen LogP contribution in [-0.4, -0.2) is 168 Å². The largest absolute Gasteiger partial charge is 0.394 e. The lowest BCUT2D eigenvalue weighted by atomic mass is 9.82. The molecule has 3 aliphatic heterocycles. The first-order valence-electron chi connectivity index (χ1n) is 14.0. The van der Waals surface area contributed by atoms with Crippen molar-refractivity contribution in [2.24, 2.45) is 11.8 Å². The van der Waals surface area contributed by atoms with Gasteiger partial charge in [0.25, 0.3) is 0 Å². The Balaban J connectivity index is 1.79. The summed E-state index contributed by atoms with van der Waals surface area (Å²) < 4.78 is 28.3. The number of ether oxygens (including phenoxy) is 5. The Morgan fingerprint density at radius 1 is 0.537 bits per heavy atom. The van der Waals surface area contributed by atoms with Crippen molar-refractivity contribution in [3.8, 4) is 0 Å². The number of aliphatic hydroxyl groups excluding tert-OH is 11. The molecule has 0 bridgehead atoms. The smallest absolute Gasteiger partial charge is 0.186 e. The molecule has 41 heavy (non-hydrogen) atoms. The summed E-state index contributed by atoms with van der Waals surface area (Å²) in [7, 11) is 0. The highest BCUT2D eigenvalue weighted by atomic mass is 16.7. The number of hydrogen-bond donors (Lipinski definition) is 11. The molecule has 0 aliphatic carbocycles. The first-order valence-corrected chi connectivity index (χ1v) is 14.0. The molecule has 0 aromatic carbocycles.